The highest BCUT2D eigenvalue weighted by atomic mass is 15.1. The van der Waals surface area contributed by atoms with Gasteiger partial charge in [0.25, 0.3) is 0 Å². The summed E-state index contributed by atoms with van der Waals surface area (Å²) in [6, 6.07) is 0. The van der Waals surface area contributed by atoms with Gasteiger partial charge in [-0.1, -0.05) is 13.8 Å². The molecule has 0 fully saturated rings. The fraction of sp³-hybridized carbons (Fsp3) is 0.667. The molecular formula is C9H16N2. The van der Waals surface area contributed by atoms with Crippen molar-refractivity contribution >= 4 is 6.21 Å². The molecular weight excluding hydrogens is 136 g/mol. The molecule has 0 spiro atoms. The third kappa shape index (κ3) is 2.07. The zero-order valence-electron chi connectivity index (χ0n) is 7.46. The molecule has 0 aromatic heterocycles. The van der Waals surface area contributed by atoms with Crippen molar-refractivity contribution in [3.05, 3.63) is 11.8 Å². The van der Waals surface area contributed by atoms with Crippen LogP contribution >= 0.6 is 0 Å². The van der Waals surface area contributed by atoms with E-state index in [1.54, 1.807) is 0 Å². The van der Waals surface area contributed by atoms with Crippen molar-refractivity contribution in [3.63, 3.8) is 0 Å². The monoisotopic (exact) mass is 152 g/mol. The molecule has 0 saturated carbocycles. The zero-order valence-corrected chi connectivity index (χ0v) is 7.46. The van der Waals surface area contributed by atoms with E-state index < -0.39 is 0 Å². The second-order valence-electron chi connectivity index (χ2n) is 3.12. The van der Waals surface area contributed by atoms with E-state index >= 15 is 0 Å². The summed E-state index contributed by atoms with van der Waals surface area (Å²) in [6.07, 6.45) is 5.36. The molecule has 1 heterocycles. The van der Waals surface area contributed by atoms with Crippen LogP contribution in [0, 0.1) is 5.92 Å². The second-order valence-corrected chi connectivity index (χ2v) is 3.12. The van der Waals surface area contributed by atoms with Crippen molar-refractivity contribution in [2.45, 2.75) is 33.4 Å². The van der Waals surface area contributed by atoms with E-state index in [4.69, 9.17) is 0 Å². The van der Waals surface area contributed by atoms with Crippen LogP contribution in [0.2, 0.25) is 0 Å². The maximum atomic E-state index is 4.34. The average molecular weight is 152 g/mol. The van der Waals surface area contributed by atoms with Crippen LogP contribution in [0.25, 0.3) is 0 Å². The summed E-state index contributed by atoms with van der Waals surface area (Å²) >= 11 is 0. The molecule has 1 aliphatic heterocycles. The van der Waals surface area contributed by atoms with Crippen molar-refractivity contribution in [1.82, 2.24) is 5.32 Å². The second kappa shape index (κ2) is 3.56. The number of rotatable bonds is 2. The molecule has 2 atom stereocenters. The average Bonchev–Trinajstić information content (AvgIpc) is 2.03. The van der Waals surface area contributed by atoms with Crippen molar-refractivity contribution in [2.24, 2.45) is 10.9 Å². The molecule has 0 aromatic carbocycles. The first-order valence-corrected chi connectivity index (χ1v) is 4.20. The largest absolute Gasteiger partial charge is 0.367 e. The third-order valence-corrected chi connectivity index (χ3v) is 2.13. The first-order valence-electron chi connectivity index (χ1n) is 4.20. The number of allylic oxidation sites excluding steroid dienone is 2. The van der Waals surface area contributed by atoms with Crippen LogP contribution in [0.3, 0.4) is 0 Å². The Balaban J connectivity index is 2.52. The number of nitrogens with zero attached hydrogens (tertiary/aromatic N) is 1. The van der Waals surface area contributed by atoms with Gasteiger partial charge in [-0.25, -0.2) is 0 Å². The van der Waals surface area contributed by atoms with Crippen molar-refractivity contribution < 1.29 is 0 Å². The Hall–Kier alpha value is -0.790. The highest BCUT2D eigenvalue weighted by molar-refractivity contribution is 5.73. The zero-order chi connectivity index (χ0) is 8.27. The van der Waals surface area contributed by atoms with Gasteiger partial charge in [0.2, 0.25) is 0 Å². The molecule has 0 bridgehead atoms. The Morgan fingerprint density at radius 1 is 1.73 bits per heavy atom. The van der Waals surface area contributed by atoms with Gasteiger partial charge < -0.3 is 5.32 Å². The normalized spacial score (nSPS) is 25.7. The first-order chi connectivity index (χ1) is 5.24. The van der Waals surface area contributed by atoms with Crippen molar-refractivity contribution in [2.75, 3.05) is 0 Å². The van der Waals surface area contributed by atoms with Gasteiger partial charge in [0.05, 0.1) is 0 Å². The van der Waals surface area contributed by atoms with Gasteiger partial charge >= 0.3 is 0 Å². The fourth-order valence-electron chi connectivity index (χ4n) is 1.08. The Morgan fingerprint density at radius 3 is 3.00 bits per heavy atom. The van der Waals surface area contributed by atoms with E-state index in [-0.39, 0.29) is 0 Å². The number of hydrogen-bond acceptors (Lipinski definition) is 2. The van der Waals surface area contributed by atoms with Crippen LogP contribution in [-0.2, 0) is 0 Å². The van der Waals surface area contributed by atoms with Crippen LogP contribution in [0.15, 0.2) is 16.8 Å². The molecule has 2 unspecified atom stereocenters. The first kappa shape index (κ1) is 8.31. The maximum absolute atomic E-state index is 4.34. The van der Waals surface area contributed by atoms with Crippen LogP contribution in [0.4, 0.5) is 0 Å². The van der Waals surface area contributed by atoms with E-state index in [0.29, 0.717) is 12.1 Å². The van der Waals surface area contributed by atoms with E-state index in [0.717, 1.165) is 0 Å². The van der Waals surface area contributed by atoms with Crippen LogP contribution < -0.4 is 5.32 Å². The molecule has 1 rings (SSSR count). The quantitative estimate of drug-likeness (QED) is 0.642. The van der Waals surface area contributed by atoms with Crippen LogP contribution in [0.5, 0.6) is 0 Å². The molecule has 0 aliphatic carbocycles. The molecule has 11 heavy (non-hydrogen) atoms. The summed E-state index contributed by atoms with van der Waals surface area (Å²) in [5, 5.41) is 3.33. The van der Waals surface area contributed by atoms with Gasteiger partial charge in [0.1, 0.15) is 6.17 Å². The third-order valence-electron chi connectivity index (χ3n) is 2.13. The molecule has 1 aliphatic rings. The van der Waals surface area contributed by atoms with Crippen LogP contribution in [-0.4, -0.2) is 12.4 Å². The Bertz CT molecular complexity index is 182. The minimum atomic E-state index is 0.296. The van der Waals surface area contributed by atoms with Gasteiger partial charge in [-0.05, 0) is 25.3 Å². The molecule has 0 aromatic rings. The lowest BCUT2D eigenvalue weighted by molar-refractivity contribution is 0.402. The highest BCUT2D eigenvalue weighted by Crippen LogP contribution is 2.11. The van der Waals surface area contributed by atoms with E-state index in [1.807, 2.05) is 12.3 Å². The van der Waals surface area contributed by atoms with Gasteiger partial charge in [-0.3, -0.25) is 4.99 Å². The van der Waals surface area contributed by atoms with E-state index in [9.17, 15) is 0 Å². The molecule has 62 valence electrons. The molecule has 2 heteroatoms. The van der Waals surface area contributed by atoms with Gasteiger partial charge in [-0.15, -0.1) is 0 Å². The standard InChI is InChI=1S/C9H16N2/c1-4-7(2)9-10-6-5-8(3)11-9/h5-7,9,11H,4H2,1-3H3. The van der Waals surface area contributed by atoms with Gasteiger partial charge in [0, 0.05) is 11.9 Å². The summed E-state index contributed by atoms with van der Waals surface area (Å²) in [6.45, 7) is 6.48. The summed E-state index contributed by atoms with van der Waals surface area (Å²) in [5.74, 6) is 0.620. The molecule has 0 amide bonds. The van der Waals surface area contributed by atoms with E-state index in [2.05, 4.69) is 31.1 Å². The Kier molecular flexibility index (Phi) is 2.69. The Morgan fingerprint density at radius 2 is 2.45 bits per heavy atom. The van der Waals surface area contributed by atoms with Crippen LogP contribution in [0.1, 0.15) is 27.2 Å². The summed E-state index contributed by atoms with van der Waals surface area (Å²) in [4.78, 5) is 4.34. The van der Waals surface area contributed by atoms with Crippen molar-refractivity contribution in [3.8, 4) is 0 Å². The van der Waals surface area contributed by atoms with Gasteiger partial charge in [0.15, 0.2) is 0 Å². The smallest absolute Gasteiger partial charge is 0.120 e. The molecule has 1 N–H and O–H groups in total. The minimum absolute atomic E-state index is 0.296. The van der Waals surface area contributed by atoms with Gasteiger partial charge in [-0.2, -0.15) is 0 Å². The summed E-state index contributed by atoms with van der Waals surface area (Å²) in [7, 11) is 0. The number of aliphatic imine (C=N–C) groups is 1. The lowest BCUT2D eigenvalue weighted by Gasteiger charge is -2.23. The number of nitrogens with one attached hydrogen (secondary N) is 1. The molecule has 2 nitrogen and oxygen atoms in total. The fourth-order valence-corrected chi connectivity index (χ4v) is 1.08. The maximum Gasteiger partial charge on any atom is 0.120 e. The molecule has 0 saturated heterocycles. The van der Waals surface area contributed by atoms with Crippen molar-refractivity contribution in [1.29, 1.82) is 0 Å². The highest BCUT2D eigenvalue weighted by Gasteiger charge is 2.14. The lowest BCUT2D eigenvalue weighted by atomic mass is 10.1. The Labute approximate surface area is 68.4 Å². The lowest BCUT2D eigenvalue weighted by Crippen LogP contribution is -2.33. The van der Waals surface area contributed by atoms with E-state index in [1.165, 1.54) is 12.1 Å². The summed E-state index contributed by atoms with van der Waals surface area (Å²) < 4.78 is 0. The molecule has 0 radical (unpaired) electrons. The predicted octanol–water partition coefficient (Wildman–Crippen LogP) is 1.94. The topological polar surface area (TPSA) is 24.4 Å². The number of hydrogen-bond donors (Lipinski definition) is 1. The minimum Gasteiger partial charge on any atom is -0.367 e. The SMILES string of the molecule is CCC(C)C1N=CC=C(C)N1. The predicted molar refractivity (Wildman–Crippen MR) is 48.6 cm³/mol. The summed E-state index contributed by atoms with van der Waals surface area (Å²) in [5.41, 5.74) is 1.21.